The first-order chi connectivity index (χ1) is 15.6. The van der Waals surface area contributed by atoms with Gasteiger partial charge in [0, 0.05) is 24.9 Å². The summed E-state index contributed by atoms with van der Waals surface area (Å²) in [7, 11) is 0. The van der Waals surface area contributed by atoms with Crippen LogP contribution in [-0.4, -0.2) is 70.1 Å². The van der Waals surface area contributed by atoms with E-state index in [-0.39, 0.29) is 24.5 Å². The molecule has 0 unspecified atom stereocenters. The molecule has 4 N–H and O–H groups in total. The number of fused-ring (bicyclic) bond motifs is 3. The number of aliphatic hydroxyl groups excluding tert-OH is 3. The average Bonchev–Trinajstić information content (AvgIpc) is 3.25. The van der Waals surface area contributed by atoms with Crippen LogP contribution in [0.3, 0.4) is 0 Å². The summed E-state index contributed by atoms with van der Waals surface area (Å²) in [5.74, 6) is 0.138. The summed E-state index contributed by atoms with van der Waals surface area (Å²) in [5, 5.41) is 33.1. The SMILES string of the molecule is CC[C@@H]1[C@@H](O)[C@H](O)[C@@H](CO)N1CCCCNC(=O)CC1c2ccccc2-c2ccccc21. The molecule has 2 aliphatic rings. The summed E-state index contributed by atoms with van der Waals surface area (Å²) in [4.78, 5) is 14.7. The van der Waals surface area contributed by atoms with Gasteiger partial charge in [-0.15, -0.1) is 0 Å². The van der Waals surface area contributed by atoms with Crippen molar-refractivity contribution in [1.29, 1.82) is 0 Å². The van der Waals surface area contributed by atoms with E-state index in [0.717, 1.165) is 19.3 Å². The molecule has 4 rings (SSSR count). The van der Waals surface area contributed by atoms with Crippen LogP contribution >= 0.6 is 0 Å². The number of nitrogens with one attached hydrogen (secondary N) is 1. The summed E-state index contributed by atoms with van der Waals surface area (Å²) in [6.07, 6.45) is 1.04. The summed E-state index contributed by atoms with van der Waals surface area (Å²) in [6.45, 7) is 3.08. The van der Waals surface area contributed by atoms with Crippen molar-refractivity contribution in [2.75, 3.05) is 19.7 Å². The molecule has 1 fully saturated rings. The molecule has 172 valence electrons. The minimum atomic E-state index is -0.915. The molecule has 2 aromatic carbocycles. The van der Waals surface area contributed by atoms with E-state index >= 15 is 0 Å². The second kappa shape index (κ2) is 10.1. The first-order valence-electron chi connectivity index (χ1n) is 11.7. The van der Waals surface area contributed by atoms with Crippen molar-refractivity contribution in [2.45, 2.75) is 62.8 Å². The van der Waals surface area contributed by atoms with E-state index in [9.17, 15) is 20.1 Å². The highest BCUT2D eigenvalue weighted by molar-refractivity contribution is 5.84. The van der Waals surface area contributed by atoms with Crippen LogP contribution in [-0.2, 0) is 4.79 Å². The van der Waals surface area contributed by atoms with Crippen molar-refractivity contribution in [3.63, 3.8) is 0 Å². The Morgan fingerprint density at radius 3 is 2.12 bits per heavy atom. The van der Waals surface area contributed by atoms with Crippen LogP contribution < -0.4 is 5.32 Å². The highest BCUT2D eigenvalue weighted by Crippen LogP contribution is 2.45. The van der Waals surface area contributed by atoms with Crippen LogP contribution in [0, 0.1) is 0 Å². The average molecular weight is 439 g/mol. The smallest absolute Gasteiger partial charge is 0.220 e. The van der Waals surface area contributed by atoms with E-state index in [1.807, 2.05) is 36.1 Å². The molecule has 0 saturated carbocycles. The van der Waals surface area contributed by atoms with Crippen molar-refractivity contribution in [3.8, 4) is 11.1 Å². The van der Waals surface area contributed by atoms with Gasteiger partial charge in [-0.25, -0.2) is 0 Å². The summed E-state index contributed by atoms with van der Waals surface area (Å²) < 4.78 is 0. The van der Waals surface area contributed by atoms with Crippen LogP contribution in [0.1, 0.15) is 49.7 Å². The maximum atomic E-state index is 12.7. The summed E-state index contributed by atoms with van der Waals surface area (Å²) in [5.41, 5.74) is 4.88. The second-order valence-corrected chi connectivity index (χ2v) is 8.93. The minimum Gasteiger partial charge on any atom is -0.395 e. The van der Waals surface area contributed by atoms with Gasteiger partial charge in [0.2, 0.25) is 5.91 Å². The fourth-order valence-electron chi connectivity index (χ4n) is 5.50. The van der Waals surface area contributed by atoms with Gasteiger partial charge in [0.1, 0.15) is 0 Å². The molecule has 6 nitrogen and oxygen atoms in total. The molecule has 0 aromatic heterocycles. The van der Waals surface area contributed by atoms with Crippen molar-refractivity contribution in [3.05, 3.63) is 59.7 Å². The quantitative estimate of drug-likeness (QED) is 0.451. The number of benzene rings is 2. The zero-order valence-corrected chi connectivity index (χ0v) is 18.7. The maximum absolute atomic E-state index is 12.7. The summed E-state index contributed by atoms with van der Waals surface area (Å²) in [6, 6.07) is 16.1. The normalized spacial score (nSPS) is 25.0. The van der Waals surface area contributed by atoms with Crippen molar-refractivity contribution in [1.82, 2.24) is 10.2 Å². The van der Waals surface area contributed by atoms with Crippen LogP contribution in [0.15, 0.2) is 48.5 Å². The third-order valence-electron chi connectivity index (χ3n) is 7.11. The third-order valence-corrected chi connectivity index (χ3v) is 7.11. The Balaban J connectivity index is 1.27. The Hall–Kier alpha value is -2.25. The zero-order valence-electron chi connectivity index (χ0n) is 18.7. The predicted octanol–water partition coefficient (Wildman–Crippen LogP) is 2.26. The molecule has 0 radical (unpaired) electrons. The predicted molar refractivity (Wildman–Crippen MR) is 124 cm³/mol. The number of unbranched alkanes of at least 4 members (excludes halogenated alkanes) is 1. The van der Waals surface area contributed by atoms with E-state index in [1.54, 1.807) is 0 Å². The van der Waals surface area contributed by atoms with Crippen molar-refractivity contribution in [2.24, 2.45) is 0 Å². The molecule has 32 heavy (non-hydrogen) atoms. The van der Waals surface area contributed by atoms with E-state index in [2.05, 4.69) is 29.6 Å². The topological polar surface area (TPSA) is 93.0 Å². The Morgan fingerprint density at radius 1 is 0.938 bits per heavy atom. The lowest BCUT2D eigenvalue weighted by Crippen LogP contribution is -2.42. The van der Waals surface area contributed by atoms with E-state index in [1.165, 1.54) is 22.3 Å². The van der Waals surface area contributed by atoms with Gasteiger partial charge in [-0.05, 0) is 48.1 Å². The van der Waals surface area contributed by atoms with E-state index in [0.29, 0.717) is 19.5 Å². The van der Waals surface area contributed by atoms with Gasteiger partial charge in [-0.1, -0.05) is 55.5 Å². The monoisotopic (exact) mass is 438 g/mol. The largest absolute Gasteiger partial charge is 0.395 e. The van der Waals surface area contributed by atoms with Crippen molar-refractivity contribution < 1.29 is 20.1 Å². The molecule has 2 aromatic rings. The molecule has 1 amide bonds. The third kappa shape index (κ3) is 4.33. The van der Waals surface area contributed by atoms with Gasteiger partial charge in [0.15, 0.2) is 0 Å². The molecule has 4 atom stereocenters. The Labute approximate surface area is 189 Å². The van der Waals surface area contributed by atoms with Crippen LogP contribution in [0.4, 0.5) is 0 Å². The standard InChI is InChI=1S/C26H34N2O4/c1-2-22-25(31)26(32)23(16-29)28(22)14-8-7-13-27-24(30)15-21-19-11-5-3-9-17(19)18-10-4-6-12-20(18)21/h3-6,9-12,21-23,25-26,29,31-32H,2,7-8,13-16H2,1H3,(H,27,30)/t22-,23-,25-,26-/m1/s1. The first-order valence-corrected chi connectivity index (χ1v) is 11.7. The van der Waals surface area contributed by atoms with Gasteiger partial charge in [-0.3, -0.25) is 9.69 Å². The number of hydrogen-bond acceptors (Lipinski definition) is 5. The highest BCUT2D eigenvalue weighted by Gasteiger charge is 2.45. The molecule has 1 aliphatic carbocycles. The highest BCUT2D eigenvalue weighted by atomic mass is 16.3. The fraction of sp³-hybridized carbons (Fsp3) is 0.500. The molecule has 1 aliphatic heterocycles. The van der Waals surface area contributed by atoms with Crippen LogP contribution in [0.25, 0.3) is 11.1 Å². The molecule has 1 heterocycles. The molecule has 0 spiro atoms. The Morgan fingerprint density at radius 2 is 1.53 bits per heavy atom. The maximum Gasteiger partial charge on any atom is 0.220 e. The fourth-order valence-corrected chi connectivity index (χ4v) is 5.50. The van der Waals surface area contributed by atoms with Crippen LogP contribution in [0.2, 0.25) is 0 Å². The zero-order chi connectivity index (χ0) is 22.7. The molecule has 6 heteroatoms. The first kappa shape index (κ1) is 22.9. The minimum absolute atomic E-state index is 0.0493. The number of nitrogens with zero attached hydrogens (tertiary/aromatic N) is 1. The molecule has 1 saturated heterocycles. The molecular formula is C26H34N2O4. The Kier molecular flexibility index (Phi) is 7.26. The molecular weight excluding hydrogens is 404 g/mol. The van der Waals surface area contributed by atoms with Crippen LogP contribution in [0.5, 0.6) is 0 Å². The second-order valence-electron chi connectivity index (χ2n) is 8.93. The van der Waals surface area contributed by atoms with Gasteiger partial charge in [0.05, 0.1) is 24.9 Å². The number of aliphatic hydroxyl groups is 3. The lowest BCUT2D eigenvalue weighted by atomic mass is 9.93. The van der Waals surface area contributed by atoms with E-state index < -0.39 is 18.2 Å². The Bertz CT molecular complexity index is 872. The summed E-state index contributed by atoms with van der Waals surface area (Å²) >= 11 is 0. The van der Waals surface area contributed by atoms with E-state index in [4.69, 9.17) is 0 Å². The number of carbonyl (C=O) groups excluding carboxylic acids is 1. The number of rotatable bonds is 9. The lowest BCUT2D eigenvalue weighted by molar-refractivity contribution is -0.121. The van der Waals surface area contributed by atoms with Gasteiger partial charge in [-0.2, -0.15) is 0 Å². The number of hydrogen-bond donors (Lipinski definition) is 4. The van der Waals surface area contributed by atoms with Gasteiger partial charge < -0.3 is 20.6 Å². The van der Waals surface area contributed by atoms with Gasteiger partial charge in [0.25, 0.3) is 0 Å². The number of carbonyl (C=O) groups is 1. The number of likely N-dealkylation sites (tertiary alicyclic amines) is 1. The lowest BCUT2D eigenvalue weighted by Gasteiger charge is -2.28. The van der Waals surface area contributed by atoms with Crippen molar-refractivity contribution >= 4 is 5.91 Å². The van der Waals surface area contributed by atoms with Gasteiger partial charge >= 0.3 is 0 Å². The number of amides is 1. The molecule has 0 bridgehead atoms.